The van der Waals surface area contributed by atoms with E-state index in [-0.39, 0.29) is 17.9 Å². The Morgan fingerprint density at radius 3 is 2.27 bits per heavy atom. The normalized spacial score (nSPS) is 20.2. The molecule has 1 unspecified atom stereocenters. The average molecular weight is 427 g/mol. The average Bonchev–Trinajstić information content (AvgIpc) is 2.70. The van der Waals surface area contributed by atoms with Gasteiger partial charge in [0.05, 0.1) is 22.9 Å². The first-order valence-electron chi connectivity index (χ1n) is 10.2. The van der Waals surface area contributed by atoms with Crippen LogP contribution in [-0.4, -0.2) is 26.4 Å². The van der Waals surface area contributed by atoms with Gasteiger partial charge in [0.2, 0.25) is 0 Å². The van der Waals surface area contributed by atoms with Crippen LogP contribution in [0.25, 0.3) is 0 Å². The fraction of sp³-hybridized carbons (Fsp3) is 0.360. The molecular formula is C25H30O4S. The SMILES string of the molecule is C=C(C)COc1ccc(S(=O)(=O)C2C=C[C@H]2[C@@H](C)[C@@H](C)OCc2ccccc2)cc1. The summed E-state index contributed by atoms with van der Waals surface area (Å²) in [5.41, 5.74) is 2.02. The molecule has 5 heteroatoms. The molecule has 0 spiro atoms. The monoisotopic (exact) mass is 426 g/mol. The topological polar surface area (TPSA) is 52.6 Å². The van der Waals surface area contributed by atoms with Crippen molar-refractivity contribution in [3.63, 3.8) is 0 Å². The Morgan fingerprint density at radius 2 is 1.70 bits per heavy atom. The molecule has 0 saturated heterocycles. The van der Waals surface area contributed by atoms with Crippen LogP contribution >= 0.6 is 0 Å². The third-order valence-electron chi connectivity index (χ3n) is 5.60. The van der Waals surface area contributed by atoms with Gasteiger partial charge >= 0.3 is 0 Å². The molecule has 0 aliphatic heterocycles. The number of sulfone groups is 1. The molecule has 0 saturated carbocycles. The molecule has 160 valence electrons. The van der Waals surface area contributed by atoms with Crippen LogP contribution < -0.4 is 4.74 Å². The molecule has 0 amide bonds. The van der Waals surface area contributed by atoms with Crippen molar-refractivity contribution >= 4 is 9.84 Å². The standard InChI is InChI=1S/C25H30O4S/c1-18(2)16-29-22-10-12-23(13-11-22)30(26,27)25-15-14-24(25)19(3)20(4)28-17-21-8-6-5-7-9-21/h5-15,19-20,24-25H,1,16-17H2,2-4H3/t19-,20+,24-,25?/m0/s1. The molecule has 0 heterocycles. The van der Waals surface area contributed by atoms with Crippen LogP contribution in [0.4, 0.5) is 0 Å². The first kappa shape index (κ1) is 22.3. The lowest BCUT2D eigenvalue weighted by Gasteiger charge is -2.36. The fourth-order valence-corrected chi connectivity index (χ4v) is 5.35. The first-order chi connectivity index (χ1) is 14.3. The molecule has 0 radical (unpaired) electrons. The maximum atomic E-state index is 13.2. The molecule has 0 N–H and O–H groups in total. The highest BCUT2D eigenvalue weighted by atomic mass is 32.2. The summed E-state index contributed by atoms with van der Waals surface area (Å²) in [5, 5.41) is -0.530. The number of allylic oxidation sites excluding steroid dienone is 1. The number of rotatable bonds is 10. The van der Waals surface area contributed by atoms with Gasteiger partial charge in [-0.1, -0.05) is 56.0 Å². The van der Waals surface area contributed by atoms with Gasteiger partial charge in [0.25, 0.3) is 0 Å². The van der Waals surface area contributed by atoms with Crippen molar-refractivity contribution in [3.05, 3.63) is 84.5 Å². The van der Waals surface area contributed by atoms with Crippen LogP contribution in [0.5, 0.6) is 5.75 Å². The minimum absolute atomic E-state index is 0.0595. The molecule has 3 rings (SSSR count). The minimum Gasteiger partial charge on any atom is -0.489 e. The van der Waals surface area contributed by atoms with Crippen LogP contribution in [0.15, 0.2) is 83.8 Å². The third-order valence-corrected chi connectivity index (χ3v) is 7.72. The summed E-state index contributed by atoms with van der Waals surface area (Å²) < 4.78 is 37.9. The van der Waals surface area contributed by atoms with Crippen molar-refractivity contribution in [1.29, 1.82) is 0 Å². The Labute approximate surface area is 180 Å². The quantitative estimate of drug-likeness (QED) is 0.489. The maximum Gasteiger partial charge on any atom is 0.185 e. The molecular weight excluding hydrogens is 396 g/mol. The van der Waals surface area contributed by atoms with Gasteiger partial charge in [-0.25, -0.2) is 8.42 Å². The molecule has 1 aliphatic rings. The van der Waals surface area contributed by atoms with E-state index in [9.17, 15) is 8.42 Å². The summed E-state index contributed by atoms with van der Waals surface area (Å²) >= 11 is 0. The van der Waals surface area contributed by atoms with Gasteiger partial charge in [0, 0.05) is 5.92 Å². The highest BCUT2D eigenvalue weighted by Gasteiger charge is 2.41. The van der Waals surface area contributed by atoms with E-state index in [0.717, 1.165) is 11.1 Å². The van der Waals surface area contributed by atoms with Gasteiger partial charge in [-0.15, -0.1) is 0 Å². The second-order valence-corrected chi connectivity index (χ2v) is 10.2. The van der Waals surface area contributed by atoms with Crippen molar-refractivity contribution in [3.8, 4) is 5.75 Å². The van der Waals surface area contributed by atoms with Crippen molar-refractivity contribution in [1.82, 2.24) is 0 Å². The summed E-state index contributed by atoms with van der Waals surface area (Å²) in [6.45, 7) is 10.7. The number of benzene rings is 2. The van der Waals surface area contributed by atoms with Gasteiger partial charge in [-0.05, 0) is 55.2 Å². The van der Waals surface area contributed by atoms with Crippen molar-refractivity contribution in [2.24, 2.45) is 11.8 Å². The van der Waals surface area contributed by atoms with Gasteiger partial charge < -0.3 is 9.47 Å². The summed E-state index contributed by atoms with van der Waals surface area (Å²) in [4.78, 5) is 0.314. The Morgan fingerprint density at radius 1 is 1.03 bits per heavy atom. The lowest BCUT2D eigenvalue weighted by atomic mass is 9.80. The smallest absolute Gasteiger partial charge is 0.185 e. The molecule has 0 fully saturated rings. The van der Waals surface area contributed by atoms with Gasteiger partial charge in [-0.2, -0.15) is 0 Å². The van der Waals surface area contributed by atoms with Gasteiger partial charge in [0.1, 0.15) is 12.4 Å². The fourth-order valence-electron chi connectivity index (χ4n) is 3.47. The molecule has 2 aromatic carbocycles. The third kappa shape index (κ3) is 5.21. The Bertz CT molecular complexity index is 978. The van der Waals surface area contributed by atoms with Crippen LogP contribution in [0, 0.1) is 11.8 Å². The molecule has 30 heavy (non-hydrogen) atoms. The number of hydrogen-bond donors (Lipinski definition) is 0. The zero-order valence-electron chi connectivity index (χ0n) is 17.8. The predicted molar refractivity (Wildman–Crippen MR) is 120 cm³/mol. The van der Waals surface area contributed by atoms with E-state index in [1.165, 1.54) is 0 Å². The minimum atomic E-state index is -3.46. The maximum absolute atomic E-state index is 13.2. The molecule has 0 bridgehead atoms. The summed E-state index contributed by atoms with van der Waals surface area (Å²) in [6.07, 6.45) is 3.71. The van der Waals surface area contributed by atoms with E-state index < -0.39 is 15.1 Å². The van der Waals surface area contributed by atoms with Gasteiger partial charge in [-0.3, -0.25) is 0 Å². The highest BCUT2D eigenvalue weighted by molar-refractivity contribution is 7.92. The summed E-state index contributed by atoms with van der Waals surface area (Å²) in [7, 11) is -3.46. The van der Waals surface area contributed by atoms with E-state index in [2.05, 4.69) is 13.5 Å². The van der Waals surface area contributed by atoms with E-state index >= 15 is 0 Å². The molecule has 1 aliphatic carbocycles. The van der Waals surface area contributed by atoms with Gasteiger partial charge in [0.15, 0.2) is 9.84 Å². The lowest BCUT2D eigenvalue weighted by Crippen LogP contribution is -2.40. The lowest BCUT2D eigenvalue weighted by molar-refractivity contribution is 0.00539. The molecule has 4 atom stereocenters. The summed E-state index contributed by atoms with van der Waals surface area (Å²) in [6, 6.07) is 16.6. The van der Waals surface area contributed by atoms with Crippen LogP contribution in [0.2, 0.25) is 0 Å². The molecule has 4 nitrogen and oxygen atoms in total. The van der Waals surface area contributed by atoms with Crippen molar-refractivity contribution in [2.45, 2.75) is 43.6 Å². The predicted octanol–water partition coefficient (Wildman–Crippen LogP) is 5.21. The zero-order chi connectivity index (χ0) is 21.7. The van der Waals surface area contributed by atoms with E-state index in [1.807, 2.05) is 50.3 Å². The van der Waals surface area contributed by atoms with E-state index in [1.54, 1.807) is 30.3 Å². The Hall–Kier alpha value is -2.37. The summed E-state index contributed by atoms with van der Waals surface area (Å²) in [5.74, 6) is 0.644. The van der Waals surface area contributed by atoms with Crippen LogP contribution in [0.1, 0.15) is 26.3 Å². The first-order valence-corrected chi connectivity index (χ1v) is 11.8. The number of ether oxygens (including phenoxy) is 2. The second kappa shape index (κ2) is 9.63. The molecule has 2 aromatic rings. The van der Waals surface area contributed by atoms with Crippen LogP contribution in [0.3, 0.4) is 0 Å². The Balaban J connectivity index is 1.62. The Kier molecular flexibility index (Phi) is 7.16. The zero-order valence-corrected chi connectivity index (χ0v) is 18.6. The van der Waals surface area contributed by atoms with Crippen molar-refractivity contribution < 1.29 is 17.9 Å². The second-order valence-electron chi connectivity index (χ2n) is 8.05. The van der Waals surface area contributed by atoms with E-state index in [0.29, 0.717) is 23.9 Å². The number of hydrogen-bond acceptors (Lipinski definition) is 4. The largest absolute Gasteiger partial charge is 0.489 e. The van der Waals surface area contributed by atoms with E-state index in [4.69, 9.17) is 9.47 Å². The van der Waals surface area contributed by atoms with Crippen LogP contribution in [-0.2, 0) is 21.2 Å². The highest BCUT2D eigenvalue weighted by Crippen LogP contribution is 2.37. The molecule has 0 aromatic heterocycles. The van der Waals surface area contributed by atoms with Crippen molar-refractivity contribution in [2.75, 3.05) is 6.61 Å².